The third kappa shape index (κ3) is 2.27. The Bertz CT molecular complexity index is 597. The fraction of sp³-hybridized carbons (Fsp3) is 0.467. The van der Waals surface area contributed by atoms with Gasteiger partial charge in [0.1, 0.15) is 0 Å². The molecule has 0 unspecified atom stereocenters. The van der Waals surface area contributed by atoms with Crippen LogP contribution < -0.4 is 5.32 Å². The molecule has 3 rings (SSSR count). The second-order valence-electron chi connectivity index (χ2n) is 5.29. The van der Waals surface area contributed by atoms with Gasteiger partial charge in [-0.1, -0.05) is 23.7 Å². The third-order valence-electron chi connectivity index (χ3n) is 4.18. The molecule has 2 heterocycles. The van der Waals surface area contributed by atoms with Crippen LogP contribution in [0.3, 0.4) is 0 Å². The molecule has 0 spiro atoms. The molecule has 1 aliphatic rings. The fourth-order valence-electron chi connectivity index (χ4n) is 2.96. The zero-order chi connectivity index (χ0) is 13.4. The van der Waals surface area contributed by atoms with E-state index in [0.717, 1.165) is 43.3 Å². The van der Waals surface area contributed by atoms with Gasteiger partial charge in [0, 0.05) is 50.9 Å². The number of hydrogen-bond acceptors (Lipinski definition) is 2. The number of fused-ring (bicyclic) bond motifs is 1. The maximum absolute atomic E-state index is 6.35. The minimum atomic E-state index is 0.842. The molecule has 0 bridgehead atoms. The maximum atomic E-state index is 6.35. The molecular formula is C15H20ClN3. The van der Waals surface area contributed by atoms with Crippen LogP contribution in [0.25, 0.3) is 10.9 Å². The number of halogens is 1. The van der Waals surface area contributed by atoms with Crippen molar-refractivity contribution in [1.29, 1.82) is 0 Å². The minimum absolute atomic E-state index is 0.842. The van der Waals surface area contributed by atoms with Gasteiger partial charge in [0.25, 0.3) is 0 Å². The van der Waals surface area contributed by atoms with Crippen molar-refractivity contribution in [3.8, 4) is 0 Å². The zero-order valence-electron chi connectivity index (χ0n) is 11.5. The lowest BCUT2D eigenvalue weighted by molar-refractivity contribution is 0.233. The van der Waals surface area contributed by atoms with Gasteiger partial charge < -0.3 is 9.88 Å². The van der Waals surface area contributed by atoms with Crippen LogP contribution in [0.2, 0.25) is 5.02 Å². The number of aromatic nitrogens is 1. The molecule has 1 fully saturated rings. The molecule has 0 amide bonds. The second-order valence-corrected chi connectivity index (χ2v) is 5.69. The van der Waals surface area contributed by atoms with Crippen molar-refractivity contribution in [3.05, 3.63) is 34.5 Å². The van der Waals surface area contributed by atoms with Crippen LogP contribution in [0.1, 0.15) is 11.3 Å². The van der Waals surface area contributed by atoms with Gasteiger partial charge in [-0.15, -0.1) is 0 Å². The molecule has 0 radical (unpaired) electrons. The standard InChI is InChI=1S/C15H20ClN3/c1-11-13(10-19-8-6-17-7-9-19)12-4-3-5-14(16)15(12)18(11)2/h3-5,17H,6-10H2,1-2H3. The van der Waals surface area contributed by atoms with E-state index in [0.29, 0.717) is 0 Å². The summed E-state index contributed by atoms with van der Waals surface area (Å²) in [4.78, 5) is 2.51. The molecule has 102 valence electrons. The summed E-state index contributed by atoms with van der Waals surface area (Å²) >= 11 is 6.35. The Hall–Kier alpha value is -1.03. The van der Waals surface area contributed by atoms with Crippen LogP contribution in [-0.4, -0.2) is 35.6 Å². The van der Waals surface area contributed by atoms with Crippen molar-refractivity contribution >= 4 is 22.5 Å². The topological polar surface area (TPSA) is 20.2 Å². The van der Waals surface area contributed by atoms with Crippen LogP contribution in [0.5, 0.6) is 0 Å². The van der Waals surface area contributed by atoms with Crippen molar-refractivity contribution < 1.29 is 0 Å². The normalized spacial score (nSPS) is 17.2. The molecule has 3 nitrogen and oxygen atoms in total. The fourth-order valence-corrected chi connectivity index (χ4v) is 3.26. The van der Waals surface area contributed by atoms with Crippen LogP contribution >= 0.6 is 11.6 Å². The highest BCUT2D eigenvalue weighted by Gasteiger charge is 2.17. The summed E-state index contributed by atoms with van der Waals surface area (Å²) in [6.07, 6.45) is 0. The summed E-state index contributed by atoms with van der Waals surface area (Å²) in [5, 5.41) is 5.54. The summed E-state index contributed by atoms with van der Waals surface area (Å²) in [5.74, 6) is 0. The molecule has 0 saturated carbocycles. The molecular weight excluding hydrogens is 258 g/mol. The third-order valence-corrected chi connectivity index (χ3v) is 4.48. The van der Waals surface area contributed by atoms with Crippen LogP contribution in [0.4, 0.5) is 0 Å². The largest absolute Gasteiger partial charge is 0.346 e. The first-order chi connectivity index (χ1) is 9.18. The monoisotopic (exact) mass is 277 g/mol. The quantitative estimate of drug-likeness (QED) is 0.910. The Labute approximate surface area is 119 Å². The van der Waals surface area contributed by atoms with E-state index >= 15 is 0 Å². The Morgan fingerprint density at radius 1 is 1.26 bits per heavy atom. The predicted molar refractivity (Wildman–Crippen MR) is 80.8 cm³/mol. The number of para-hydroxylation sites is 1. The van der Waals surface area contributed by atoms with E-state index in [4.69, 9.17) is 11.6 Å². The first-order valence-corrected chi connectivity index (χ1v) is 7.21. The molecule has 19 heavy (non-hydrogen) atoms. The van der Waals surface area contributed by atoms with Gasteiger partial charge in [0.05, 0.1) is 10.5 Å². The van der Waals surface area contributed by atoms with Gasteiger partial charge in [0.15, 0.2) is 0 Å². The maximum Gasteiger partial charge on any atom is 0.0672 e. The Balaban J connectivity index is 2.03. The summed E-state index contributed by atoms with van der Waals surface area (Å²) in [6, 6.07) is 6.20. The number of nitrogens with one attached hydrogen (secondary N) is 1. The number of hydrogen-bond donors (Lipinski definition) is 1. The highest BCUT2D eigenvalue weighted by Crippen LogP contribution is 2.31. The van der Waals surface area contributed by atoms with E-state index in [1.54, 1.807) is 0 Å². The lowest BCUT2D eigenvalue weighted by atomic mass is 10.1. The van der Waals surface area contributed by atoms with Crippen LogP contribution in [0.15, 0.2) is 18.2 Å². The van der Waals surface area contributed by atoms with E-state index in [1.165, 1.54) is 16.6 Å². The summed E-state index contributed by atoms with van der Waals surface area (Å²) < 4.78 is 2.22. The Morgan fingerprint density at radius 2 is 2.00 bits per heavy atom. The molecule has 1 saturated heterocycles. The first kappa shape index (κ1) is 13.0. The zero-order valence-corrected chi connectivity index (χ0v) is 12.3. The molecule has 2 aromatic rings. The molecule has 1 aliphatic heterocycles. The number of rotatable bonds is 2. The van der Waals surface area contributed by atoms with Crippen molar-refractivity contribution in [2.75, 3.05) is 26.2 Å². The number of nitrogens with zero attached hydrogens (tertiary/aromatic N) is 2. The highest BCUT2D eigenvalue weighted by molar-refractivity contribution is 6.35. The van der Waals surface area contributed by atoms with E-state index in [-0.39, 0.29) is 0 Å². The highest BCUT2D eigenvalue weighted by atomic mass is 35.5. The van der Waals surface area contributed by atoms with E-state index < -0.39 is 0 Å². The average Bonchev–Trinajstić information content (AvgIpc) is 2.66. The minimum Gasteiger partial charge on any atom is -0.346 e. The lowest BCUT2D eigenvalue weighted by Crippen LogP contribution is -2.42. The number of aryl methyl sites for hydroxylation is 1. The molecule has 0 aliphatic carbocycles. The summed E-state index contributed by atoms with van der Waals surface area (Å²) in [6.45, 7) is 7.63. The van der Waals surface area contributed by atoms with Gasteiger partial charge in [0.2, 0.25) is 0 Å². The van der Waals surface area contributed by atoms with E-state index in [2.05, 4.69) is 34.8 Å². The summed E-state index contributed by atoms with van der Waals surface area (Å²) in [5.41, 5.74) is 3.90. The van der Waals surface area contributed by atoms with Gasteiger partial charge in [-0.2, -0.15) is 0 Å². The van der Waals surface area contributed by atoms with Crippen molar-refractivity contribution in [3.63, 3.8) is 0 Å². The van der Waals surface area contributed by atoms with Crippen molar-refractivity contribution in [1.82, 2.24) is 14.8 Å². The van der Waals surface area contributed by atoms with Crippen LogP contribution in [-0.2, 0) is 13.6 Å². The number of benzene rings is 1. The van der Waals surface area contributed by atoms with E-state index in [1.807, 2.05) is 12.1 Å². The van der Waals surface area contributed by atoms with Crippen molar-refractivity contribution in [2.24, 2.45) is 7.05 Å². The molecule has 1 N–H and O–H groups in total. The van der Waals surface area contributed by atoms with Crippen LogP contribution in [0, 0.1) is 6.92 Å². The van der Waals surface area contributed by atoms with Gasteiger partial charge in [-0.3, -0.25) is 4.90 Å². The Kier molecular flexibility index (Phi) is 3.52. The smallest absolute Gasteiger partial charge is 0.0672 e. The SMILES string of the molecule is Cc1c(CN2CCNCC2)c2cccc(Cl)c2n1C. The molecule has 1 aromatic heterocycles. The molecule has 1 aromatic carbocycles. The molecule has 4 heteroatoms. The Morgan fingerprint density at radius 3 is 2.74 bits per heavy atom. The van der Waals surface area contributed by atoms with Gasteiger partial charge >= 0.3 is 0 Å². The summed E-state index contributed by atoms with van der Waals surface area (Å²) in [7, 11) is 2.10. The van der Waals surface area contributed by atoms with E-state index in [9.17, 15) is 0 Å². The second kappa shape index (κ2) is 5.16. The lowest BCUT2D eigenvalue weighted by Gasteiger charge is -2.27. The van der Waals surface area contributed by atoms with Gasteiger partial charge in [-0.25, -0.2) is 0 Å². The predicted octanol–water partition coefficient (Wildman–Crippen LogP) is 2.55. The van der Waals surface area contributed by atoms with Crippen molar-refractivity contribution in [2.45, 2.75) is 13.5 Å². The van der Waals surface area contributed by atoms with Gasteiger partial charge in [-0.05, 0) is 18.6 Å². The average molecular weight is 278 g/mol. The first-order valence-electron chi connectivity index (χ1n) is 6.84. The molecule has 0 atom stereocenters. The number of piperazine rings is 1.